The predicted molar refractivity (Wildman–Crippen MR) is 145 cm³/mol. The van der Waals surface area contributed by atoms with Crippen molar-refractivity contribution >= 4 is 23.6 Å². The lowest BCUT2D eigenvalue weighted by Gasteiger charge is -2.37. The minimum absolute atomic E-state index is 0.0713. The Balaban J connectivity index is 1.48. The Morgan fingerprint density at radius 1 is 1.03 bits per heavy atom. The number of rotatable bonds is 9. The first-order chi connectivity index (χ1) is 18.7. The van der Waals surface area contributed by atoms with Crippen LogP contribution >= 0.6 is 0 Å². The molecular weight excluding hydrogens is 500 g/mol. The standard InChI is InChI=1S/C29H28N4O6/c1-19-25(28(35)36)26(23-10-6-11-24(18-23)33(38)39)32(29(37)30-19)17-7-16-31(2)27(34)22-14-12-21(13-15-22)20-8-4-3-5-9-20/h3-6,8-15,18,26H,7,16-17H2,1-2H3,(H,30,37)(H,35,36). The van der Waals surface area contributed by atoms with Crippen LogP contribution in [-0.4, -0.2) is 57.9 Å². The summed E-state index contributed by atoms with van der Waals surface area (Å²) in [6.45, 7) is 1.90. The number of carboxylic acid groups (broad SMARTS) is 1. The Bertz CT molecular complexity index is 1440. The first kappa shape index (κ1) is 27.1. The second kappa shape index (κ2) is 11.6. The molecule has 0 aliphatic carbocycles. The number of urea groups is 1. The van der Waals surface area contributed by atoms with Gasteiger partial charge in [-0.15, -0.1) is 0 Å². The zero-order valence-electron chi connectivity index (χ0n) is 21.5. The highest BCUT2D eigenvalue weighted by molar-refractivity contribution is 5.95. The smallest absolute Gasteiger partial charge is 0.335 e. The predicted octanol–water partition coefficient (Wildman–Crippen LogP) is 4.85. The summed E-state index contributed by atoms with van der Waals surface area (Å²) in [5.41, 5.74) is 2.78. The van der Waals surface area contributed by atoms with Crippen molar-refractivity contribution in [3.8, 4) is 11.1 Å². The van der Waals surface area contributed by atoms with E-state index in [9.17, 15) is 29.6 Å². The van der Waals surface area contributed by atoms with Crippen LogP contribution in [-0.2, 0) is 4.79 Å². The molecule has 2 N–H and O–H groups in total. The molecule has 1 unspecified atom stereocenters. The number of carbonyl (C=O) groups excluding carboxylic acids is 2. The first-order valence-corrected chi connectivity index (χ1v) is 12.3. The Kier molecular flexibility index (Phi) is 8.04. The van der Waals surface area contributed by atoms with Crippen molar-refractivity contribution in [1.82, 2.24) is 15.1 Å². The van der Waals surface area contributed by atoms with Crippen LogP contribution in [0, 0.1) is 10.1 Å². The van der Waals surface area contributed by atoms with Gasteiger partial charge in [-0.25, -0.2) is 9.59 Å². The Labute approximate surface area is 225 Å². The van der Waals surface area contributed by atoms with E-state index in [2.05, 4.69) is 5.32 Å². The number of benzene rings is 3. The number of hydrogen-bond acceptors (Lipinski definition) is 5. The lowest BCUT2D eigenvalue weighted by molar-refractivity contribution is -0.384. The molecule has 1 atom stereocenters. The minimum atomic E-state index is -1.24. The van der Waals surface area contributed by atoms with Crippen molar-refractivity contribution in [3.05, 3.63) is 111 Å². The van der Waals surface area contributed by atoms with E-state index in [1.54, 1.807) is 30.1 Å². The molecule has 10 heteroatoms. The summed E-state index contributed by atoms with van der Waals surface area (Å²) in [7, 11) is 1.66. The van der Waals surface area contributed by atoms with Gasteiger partial charge in [-0.05, 0) is 42.2 Å². The van der Waals surface area contributed by atoms with Gasteiger partial charge < -0.3 is 20.2 Å². The first-order valence-electron chi connectivity index (χ1n) is 12.3. The third-order valence-corrected chi connectivity index (χ3v) is 6.65. The van der Waals surface area contributed by atoms with Crippen LogP contribution in [0.25, 0.3) is 11.1 Å². The summed E-state index contributed by atoms with van der Waals surface area (Å²) in [6.07, 6.45) is 0.356. The van der Waals surface area contributed by atoms with E-state index in [-0.39, 0.29) is 29.4 Å². The SMILES string of the molecule is CC1=C(C(=O)O)C(c2cccc([N+](=O)[O-])c2)N(CCCN(C)C(=O)c2ccc(-c3ccccc3)cc2)C(=O)N1. The number of nitro benzene ring substituents is 1. The second-order valence-corrected chi connectivity index (χ2v) is 9.25. The maximum Gasteiger partial charge on any atom is 0.335 e. The molecule has 0 bridgehead atoms. The molecule has 200 valence electrons. The van der Waals surface area contributed by atoms with Crippen LogP contribution in [0.4, 0.5) is 10.5 Å². The fourth-order valence-corrected chi connectivity index (χ4v) is 4.68. The lowest BCUT2D eigenvalue weighted by Crippen LogP contribution is -2.49. The molecule has 0 saturated heterocycles. The molecule has 3 aromatic carbocycles. The molecule has 10 nitrogen and oxygen atoms in total. The van der Waals surface area contributed by atoms with E-state index >= 15 is 0 Å². The summed E-state index contributed by atoms with van der Waals surface area (Å²) in [6, 6.07) is 21.2. The number of amides is 3. The topological polar surface area (TPSA) is 133 Å². The zero-order chi connectivity index (χ0) is 28.1. The Morgan fingerprint density at radius 2 is 1.69 bits per heavy atom. The molecule has 39 heavy (non-hydrogen) atoms. The summed E-state index contributed by atoms with van der Waals surface area (Å²) >= 11 is 0. The average Bonchev–Trinajstić information content (AvgIpc) is 2.93. The molecule has 3 aromatic rings. The molecule has 1 aliphatic rings. The van der Waals surface area contributed by atoms with E-state index in [1.807, 2.05) is 42.5 Å². The number of carboxylic acids is 1. The molecule has 4 rings (SSSR count). The van der Waals surface area contributed by atoms with Gasteiger partial charge in [0.05, 0.1) is 16.5 Å². The van der Waals surface area contributed by atoms with Crippen LogP contribution in [0.2, 0.25) is 0 Å². The molecule has 1 aliphatic heterocycles. The fraction of sp³-hybridized carbons (Fsp3) is 0.207. The van der Waals surface area contributed by atoms with E-state index in [0.29, 0.717) is 24.1 Å². The molecule has 3 amide bonds. The van der Waals surface area contributed by atoms with Crippen LogP contribution in [0.1, 0.15) is 35.3 Å². The number of allylic oxidation sites excluding steroid dienone is 1. The van der Waals surface area contributed by atoms with Crippen LogP contribution < -0.4 is 5.32 Å². The van der Waals surface area contributed by atoms with Gasteiger partial charge in [0.15, 0.2) is 0 Å². The van der Waals surface area contributed by atoms with Crippen molar-refractivity contribution in [2.45, 2.75) is 19.4 Å². The van der Waals surface area contributed by atoms with Crippen molar-refractivity contribution in [2.24, 2.45) is 0 Å². The van der Waals surface area contributed by atoms with Crippen molar-refractivity contribution in [2.75, 3.05) is 20.1 Å². The van der Waals surface area contributed by atoms with Gasteiger partial charge in [0, 0.05) is 43.5 Å². The summed E-state index contributed by atoms with van der Waals surface area (Å²) in [5, 5.41) is 23.8. The van der Waals surface area contributed by atoms with Gasteiger partial charge in [-0.2, -0.15) is 0 Å². The normalized spacial score (nSPS) is 15.1. The summed E-state index contributed by atoms with van der Waals surface area (Å²) < 4.78 is 0. The third-order valence-electron chi connectivity index (χ3n) is 6.65. The van der Waals surface area contributed by atoms with E-state index in [0.717, 1.165) is 11.1 Å². The van der Waals surface area contributed by atoms with Crippen molar-refractivity contribution < 1.29 is 24.4 Å². The number of aliphatic carboxylic acids is 1. The fourth-order valence-electron chi connectivity index (χ4n) is 4.68. The van der Waals surface area contributed by atoms with Gasteiger partial charge >= 0.3 is 12.0 Å². The molecule has 0 radical (unpaired) electrons. The van der Waals surface area contributed by atoms with Gasteiger partial charge in [-0.1, -0.05) is 54.6 Å². The number of nitro groups is 1. The average molecular weight is 529 g/mol. The van der Waals surface area contributed by atoms with Crippen molar-refractivity contribution in [1.29, 1.82) is 0 Å². The number of nitrogens with one attached hydrogen (secondary N) is 1. The second-order valence-electron chi connectivity index (χ2n) is 9.25. The highest BCUT2D eigenvalue weighted by atomic mass is 16.6. The van der Waals surface area contributed by atoms with Gasteiger partial charge in [-0.3, -0.25) is 14.9 Å². The molecule has 0 saturated carbocycles. The number of hydrogen-bond donors (Lipinski definition) is 2. The maximum atomic E-state index is 13.0. The Morgan fingerprint density at radius 3 is 2.33 bits per heavy atom. The van der Waals surface area contributed by atoms with Crippen LogP contribution in [0.15, 0.2) is 90.1 Å². The highest BCUT2D eigenvalue weighted by Gasteiger charge is 2.38. The van der Waals surface area contributed by atoms with E-state index in [4.69, 9.17) is 0 Å². The minimum Gasteiger partial charge on any atom is -0.478 e. The van der Waals surface area contributed by atoms with Gasteiger partial charge in [0.2, 0.25) is 0 Å². The number of carbonyl (C=O) groups is 3. The molecule has 0 fully saturated rings. The molecule has 0 aromatic heterocycles. The zero-order valence-corrected chi connectivity index (χ0v) is 21.5. The molecule has 0 spiro atoms. The maximum absolute atomic E-state index is 13.0. The van der Waals surface area contributed by atoms with Crippen LogP contribution in [0.3, 0.4) is 0 Å². The molecule has 1 heterocycles. The largest absolute Gasteiger partial charge is 0.478 e. The monoisotopic (exact) mass is 528 g/mol. The third kappa shape index (κ3) is 5.96. The van der Waals surface area contributed by atoms with Gasteiger partial charge in [0.1, 0.15) is 0 Å². The molecular formula is C29H28N4O6. The highest BCUT2D eigenvalue weighted by Crippen LogP contribution is 2.35. The van der Waals surface area contributed by atoms with Crippen LogP contribution in [0.5, 0.6) is 0 Å². The summed E-state index contributed by atoms with van der Waals surface area (Å²) in [5.74, 6) is -1.42. The van der Waals surface area contributed by atoms with E-state index in [1.165, 1.54) is 30.0 Å². The summed E-state index contributed by atoms with van der Waals surface area (Å²) in [4.78, 5) is 51.7. The van der Waals surface area contributed by atoms with Gasteiger partial charge in [0.25, 0.3) is 11.6 Å². The Hall–Kier alpha value is -4.99. The number of non-ortho nitro benzene ring substituents is 1. The quantitative estimate of drug-likeness (QED) is 0.301. The number of nitrogens with zero attached hydrogens (tertiary/aromatic N) is 3. The van der Waals surface area contributed by atoms with E-state index < -0.39 is 23.0 Å². The van der Waals surface area contributed by atoms with Crippen molar-refractivity contribution in [3.63, 3.8) is 0 Å². The lowest BCUT2D eigenvalue weighted by atomic mass is 9.93.